The Balaban J connectivity index is 0.00000256. The number of rotatable bonds is 0. The first-order valence-electron chi connectivity index (χ1n) is 13.1. The van der Waals surface area contributed by atoms with Gasteiger partial charge >= 0.3 is 0 Å². The molecule has 2 aromatic heterocycles. The topological polar surface area (TPSA) is 106 Å². The van der Waals surface area contributed by atoms with Gasteiger partial charge in [0.1, 0.15) is 0 Å². The zero-order valence-electron chi connectivity index (χ0n) is 21.3. The number of nitrogens with zero attached hydrogens (tertiary/aromatic N) is 8. The summed E-state index contributed by atoms with van der Waals surface area (Å²) < 4.78 is 0. The van der Waals surface area contributed by atoms with Crippen molar-refractivity contribution in [2.75, 3.05) is 0 Å². The Morgan fingerprint density at radius 1 is 0.512 bits per heavy atom. The molecule has 0 saturated carbocycles. The third-order valence-electron chi connectivity index (χ3n) is 7.67. The maximum atomic E-state index is 4.99. The summed E-state index contributed by atoms with van der Waals surface area (Å²) in [5.41, 5.74) is 3.10. The Morgan fingerprint density at radius 2 is 0.976 bits per heavy atom. The van der Waals surface area contributed by atoms with E-state index in [-0.39, 0.29) is 28.9 Å². The van der Waals surface area contributed by atoms with E-state index >= 15 is 0 Å². The molecule has 9 rings (SSSR count). The molecule has 41 heavy (non-hydrogen) atoms. The van der Waals surface area contributed by atoms with Gasteiger partial charge in [0.15, 0.2) is 0 Å². The standard InChI is InChI=1S/C32H18N8.Mn/c1-2-10-18-17(9-1)25-33-26(18)38-28-21-13-5-6-14-22(21)30(35-28)40-32-24-16-8-7-15-23(24)31(36-32)39-29-20-12-4-3-11-19(20)27(34-29)37-25;/h1-17,23H;/q-4;. The van der Waals surface area contributed by atoms with Crippen LogP contribution in [0.15, 0.2) is 140 Å². The second-order valence-corrected chi connectivity index (χ2v) is 10.00. The quantitative estimate of drug-likeness (QED) is 0.257. The molecular weight excluding hydrogens is 551 g/mol. The van der Waals surface area contributed by atoms with Crippen LogP contribution in [0.3, 0.4) is 0 Å². The van der Waals surface area contributed by atoms with Crippen LogP contribution in [-0.4, -0.2) is 11.7 Å². The predicted molar refractivity (Wildman–Crippen MR) is 155 cm³/mol. The molecule has 9 heteroatoms. The fourth-order valence-electron chi connectivity index (χ4n) is 5.76. The molecule has 2 aromatic carbocycles. The molecule has 2 unspecified atom stereocenters. The van der Waals surface area contributed by atoms with Gasteiger partial charge in [-0.1, -0.05) is 97.1 Å². The molecule has 8 nitrogen and oxygen atoms in total. The second kappa shape index (κ2) is 9.02. The molecule has 2 atom stereocenters. The van der Waals surface area contributed by atoms with E-state index in [0.29, 0.717) is 45.9 Å². The van der Waals surface area contributed by atoms with Crippen molar-refractivity contribution >= 4 is 44.9 Å². The van der Waals surface area contributed by atoms with Crippen molar-refractivity contribution in [1.29, 1.82) is 0 Å². The molecule has 0 fully saturated rings. The number of hydrogen-bond acceptors (Lipinski definition) is 4. The summed E-state index contributed by atoms with van der Waals surface area (Å²) in [7, 11) is 0. The van der Waals surface area contributed by atoms with Crippen molar-refractivity contribution in [2.24, 2.45) is 31.8 Å². The number of allylic oxidation sites excluding steroid dienone is 6. The van der Waals surface area contributed by atoms with Gasteiger partial charge in [-0.25, -0.2) is 0 Å². The van der Waals surface area contributed by atoms with Crippen molar-refractivity contribution in [3.63, 3.8) is 0 Å². The van der Waals surface area contributed by atoms with Crippen LogP contribution in [0.1, 0.15) is 0 Å². The van der Waals surface area contributed by atoms with Crippen molar-refractivity contribution in [3.8, 4) is 0 Å². The van der Waals surface area contributed by atoms with Gasteiger partial charge in [-0.2, -0.15) is 0 Å². The van der Waals surface area contributed by atoms with Crippen molar-refractivity contribution in [3.05, 3.63) is 142 Å². The van der Waals surface area contributed by atoms with Crippen LogP contribution in [-0.2, 0) is 17.1 Å². The summed E-state index contributed by atoms with van der Waals surface area (Å²) in [6.07, 6.45) is 16.3. The molecule has 1 radical (unpaired) electrons. The number of aromatic nitrogens is 2. The number of hydrogen-bond donors (Lipinski definition) is 0. The van der Waals surface area contributed by atoms with Gasteiger partial charge in [-0.3, -0.25) is 0 Å². The Morgan fingerprint density at radius 3 is 1.46 bits per heavy atom. The molecule has 197 valence electrons. The molecule has 8 bridgehead atoms. The monoisotopic (exact) mass is 569 g/mol. The first kappa shape index (κ1) is 23.9. The summed E-state index contributed by atoms with van der Waals surface area (Å²) >= 11 is 0. The van der Waals surface area contributed by atoms with Gasteiger partial charge in [0, 0.05) is 63.2 Å². The van der Waals surface area contributed by atoms with Crippen molar-refractivity contribution in [2.45, 2.75) is 0 Å². The SMILES string of the molecule is C1=CC2=C3N=c4[n-]c(c5ccccc45)=NC4=C5C=CC=CC5C(=Nc5[n-]c(c6ccccc56)N=C([N-]3)C2C=C1)[N-]4.[Mn]. The molecule has 2 aliphatic carbocycles. The Kier molecular flexibility index (Phi) is 5.25. The zero-order chi connectivity index (χ0) is 26.2. The van der Waals surface area contributed by atoms with E-state index in [0.717, 1.165) is 32.7 Å². The fourth-order valence-corrected chi connectivity index (χ4v) is 5.76. The van der Waals surface area contributed by atoms with Gasteiger partial charge in [0.2, 0.25) is 0 Å². The van der Waals surface area contributed by atoms with Gasteiger partial charge in [0.05, 0.1) is 0 Å². The zero-order valence-corrected chi connectivity index (χ0v) is 22.5. The smallest absolute Gasteiger partial charge is 0.0332 e. The number of fused-ring (bicyclic) bond motifs is 18. The number of amidine groups is 2. The summed E-state index contributed by atoms with van der Waals surface area (Å²) in [6.45, 7) is 0. The minimum absolute atomic E-state index is 0. The largest absolute Gasteiger partial charge is 0.362 e. The first-order chi connectivity index (χ1) is 19.8. The van der Waals surface area contributed by atoms with Crippen LogP contribution in [0.2, 0.25) is 0 Å². The molecule has 5 aliphatic rings. The second-order valence-electron chi connectivity index (χ2n) is 10.00. The summed E-state index contributed by atoms with van der Waals surface area (Å²) in [5.74, 6) is 3.40. The summed E-state index contributed by atoms with van der Waals surface area (Å²) in [5, 5.41) is 13.5. The molecule has 0 N–H and O–H groups in total. The van der Waals surface area contributed by atoms with Crippen LogP contribution in [0.5, 0.6) is 0 Å². The predicted octanol–water partition coefficient (Wildman–Crippen LogP) is 5.60. The van der Waals surface area contributed by atoms with Gasteiger partial charge < -0.3 is 40.6 Å². The van der Waals surface area contributed by atoms with Crippen molar-refractivity contribution in [1.82, 2.24) is 9.97 Å². The Hall–Kier alpha value is -4.98. The first-order valence-corrected chi connectivity index (χ1v) is 13.1. The average molecular weight is 569 g/mol. The van der Waals surface area contributed by atoms with Crippen LogP contribution in [0, 0.1) is 11.8 Å². The minimum atomic E-state index is -0.118. The third kappa shape index (κ3) is 3.60. The van der Waals surface area contributed by atoms with Gasteiger partial charge in [-0.15, -0.1) is 0 Å². The molecule has 0 saturated heterocycles. The van der Waals surface area contributed by atoms with Crippen LogP contribution in [0.4, 0.5) is 11.6 Å². The summed E-state index contributed by atoms with van der Waals surface area (Å²) in [6, 6.07) is 16.0. The van der Waals surface area contributed by atoms with E-state index in [4.69, 9.17) is 40.6 Å². The molecule has 4 aromatic rings. The van der Waals surface area contributed by atoms with E-state index in [2.05, 4.69) is 12.2 Å². The summed E-state index contributed by atoms with van der Waals surface area (Å²) in [4.78, 5) is 29.7. The normalized spacial score (nSPS) is 21.5. The molecular formula is C32H18MnN8-4. The van der Waals surface area contributed by atoms with Gasteiger partial charge in [-0.05, 0) is 44.4 Å². The Labute approximate surface area is 244 Å². The van der Waals surface area contributed by atoms with E-state index in [9.17, 15) is 0 Å². The Bertz CT molecular complexity index is 2030. The van der Waals surface area contributed by atoms with E-state index in [1.807, 2.05) is 85.0 Å². The van der Waals surface area contributed by atoms with Crippen LogP contribution < -0.4 is 20.9 Å². The van der Waals surface area contributed by atoms with E-state index in [1.54, 1.807) is 0 Å². The average Bonchev–Trinajstić information content (AvgIpc) is 3.73. The van der Waals surface area contributed by atoms with Gasteiger partial charge in [0.25, 0.3) is 0 Å². The molecule has 3 aliphatic heterocycles. The van der Waals surface area contributed by atoms with E-state index in [1.165, 1.54) is 0 Å². The maximum Gasteiger partial charge on any atom is 0.0332 e. The van der Waals surface area contributed by atoms with Crippen molar-refractivity contribution < 1.29 is 17.1 Å². The van der Waals surface area contributed by atoms with E-state index < -0.39 is 0 Å². The van der Waals surface area contributed by atoms with Crippen LogP contribution in [0.25, 0.3) is 32.2 Å². The molecule has 5 heterocycles. The maximum absolute atomic E-state index is 4.99. The number of aliphatic imine (C=N–C) groups is 2. The fraction of sp³-hybridized carbons (Fsp3) is 0.0625. The minimum Gasteiger partial charge on any atom is -0.362 e. The molecule has 0 amide bonds. The number of benzene rings is 2. The molecule has 0 spiro atoms. The van der Waals surface area contributed by atoms with Crippen LogP contribution >= 0.6 is 0 Å². The third-order valence-corrected chi connectivity index (χ3v) is 7.67.